The van der Waals surface area contributed by atoms with Gasteiger partial charge in [-0.25, -0.2) is 4.79 Å². The first-order valence-electron chi connectivity index (χ1n) is 15.7. The van der Waals surface area contributed by atoms with Crippen molar-refractivity contribution in [3.8, 4) is 0 Å². The van der Waals surface area contributed by atoms with Gasteiger partial charge in [-0.3, -0.25) is 4.79 Å². The van der Waals surface area contributed by atoms with Crippen LogP contribution in [0.2, 0.25) is 0 Å². The molecule has 0 bridgehead atoms. The molecule has 0 saturated carbocycles. The van der Waals surface area contributed by atoms with Gasteiger partial charge in [0.25, 0.3) is 0 Å². The fraction of sp³-hybridized carbons (Fsp3) is 0.935. The summed E-state index contributed by atoms with van der Waals surface area (Å²) in [6, 6.07) is 0. The normalized spacial score (nSPS) is 12.5. The first-order chi connectivity index (χ1) is 20.2. The van der Waals surface area contributed by atoms with Gasteiger partial charge >= 0.3 is 5.97 Å². The third-order valence-corrected chi connectivity index (χ3v) is 6.59. The highest BCUT2D eigenvalue weighted by molar-refractivity contribution is 8.13. The van der Waals surface area contributed by atoms with Gasteiger partial charge in [-0.15, -0.1) is 0 Å². The summed E-state index contributed by atoms with van der Waals surface area (Å²) in [5, 5.41) is 0.0902. The van der Waals surface area contributed by atoms with Crippen molar-refractivity contribution >= 4 is 22.8 Å². The lowest BCUT2D eigenvalue weighted by Gasteiger charge is -2.19. The number of hydrogen-bond acceptors (Lipinski definition) is 11. The Labute approximate surface area is 259 Å². The molecular weight excluding hydrogens is 564 g/mol. The van der Waals surface area contributed by atoms with Crippen LogP contribution >= 0.6 is 11.8 Å². The van der Waals surface area contributed by atoms with Crippen molar-refractivity contribution in [2.75, 3.05) is 85.9 Å². The van der Waals surface area contributed by atoms with Gasteiger partial charge in [-0.05, 0) is 33.6 Å². The third kappa shape index (κ3) is 33.7. The van der Waals surface area contributed by atoms with Crippen LogP contribution < -0.4 is 0 Å². The molecule has 0 aromatic carbocycles. The van der Waals surface area contributed by atoms with E-state index in [-0.39, 0.29) is 23.1 Å². The minimum absolute atomic E-state index is 0.0808. The summed E-state index contributed by atoms with van der Waals surface area (Å²) < 4.78 is 43.6. The molecule has 42 heavy (non-hydrogen) atoms. The number of esters is 1. The van der Waals surface area contributed by atoms with Crippen LogP contribution in [0, 0.1) is 0 Å². The van der Waals surface area contributed by atoms with Crippen molar-refractivity contribution in [1.82, 2.24) is 0 Å². The second-order valence-electron chi connectivity index (χ2n) is 10.9. The summed E-state index contributed by atoms with van der Waals surface area (Å²) >= 11 is 1.28. The fourth-order valence-electron chi connectivity index (χ4n) is 3.67. The molecule has 0 heterocycles. The van der Waals surface area contributed by atoms with Gasteiger partial charge < -0.3 is 37.9 Å². The number of carbonyl (C=O) groups is 2. The molecule has 0 aliphatic heterocycles. The van der Waals surface area contributed by atoms with Crippen LogP contribution in [0.4, 0.5) is 0 Å². The summed E-state index contributed by atoms with van der Waals surface area (Å²) in [5.41, 5.74) is -0.599. The number of carbonyl (C=O) groups excluding carboxylic acids is 2. The van der Waals surface area contributed by atoms with E-state index in [4.69, 9.17) is 37.9 Å². The molecule has 0 saturated heterocycles. The molecule has 0 aliphatic carbocycles. The van der Waals surface area contributed by atoms with E-state index in [0.717, 1.165) is 12.8 Å². The Balaban J connectivity index is 3.42. The quantitative estimate of drug-likeness (QED) is 0.0548. The average Bonchev–Trinajstić information content (AvgIpc) is 2.91. The highest BCUT2D eigenvalue weighted by atomic mass is 32.2. The maximum Gasteiger partial charge on any atom is 0.332 e. The van der Waals surface area contributed by atoms with Crippen molar-refractivity contribution in [1.29, 1.82) is 0 Å². The number of ether oxygens (including phenoxy) is 8. The van der Waals surface area contributed by atoms with E-state index in [0.29, 0.717) is 79.3 Å². The van der Waals surface area contributed by atoms with E-state index in [1.54, 1.807) is 6.92 Å². The van der Waals surface area contributed by atoms with E-state index < -0.39 is 5.60 Å². The van der Waals surface area contributed by atoms with E-state index in [2.05, 4.69) is 6.92 Å². The zero-order valence-corrected chi connectivity index (χ0v) is 27.9. The Morgan fingerprint density at radius 2 is 1.00 bits per heavy atom. The molecule has 0 aromatic heterocycles. The van der Waals surface area contributed by atoms with Crippen LogP contribution in [-0.4, -0.2) is 108 Å². The molecule has 0 aliphatic rings. The highest BCUT2D eigenvalue weighted by Gasteiger charge is 2.16. The Kier molecular flexibility index (Phi) is 29.7. The molecule has 1 unspecified atom stereocenters. The highest BCUT2D eigenvalue weighted by Crippen LogP contribution is 2.20. The van der Waals surface area contributed by atoms with Crippen molar-refractivity contribution in [3.05, 3.63) is 0 Å². The average molecular weight is 625 g/mol. The van der Waals surface area contributed by atoms with Gasteiger partial charge in [0.15, 0.2) is 5.12 Å². The SMILES string of the molecule is CCCCCCCCCCC(OCCOCCOCCOCCOCCOCCOCC(=O)OC(C)(C)C)SC(C)=O. The minimum Gasteiger partial charge on any atom is -0.458 e. The largest absolute Gasteiger partial charge is 0.458 e. The lowest BCUT2D eigenvalue weighted by molar-refractivity contribution is -0.160. The molecule has 10 nitrogen and oxygen atoms in total. The smallest absolute Gasteiger partial charge is 0.332 e. The standard InChI is InChI=1S/C31H60O10S/c1-6-7-8-9-10-11-12-13-14-30(42-28(2)32)40-26-25-38-22-21-36-18-17-34-15-16-35-19-20-37-23-24-39-27-29(33)41-31(3,4)5/h30H,6-27H2,1-5H3. The molecular formula is C31H60O10S. The molecule has 1 atom stereocenters. The molecule has 0 aromatic rings. The Morgan fingerprint density at radius 3 is 1.43 bits per heavy atom. The van der Waals surface area contributed by atoms with Crippen molar-refractivity contribution < 1.29 is 47.5 Å². The lowest BCUT2D eigenvalue weighted by atomic mass is 10.1. The molecule has 0 radical (unpaired) electrons. The van der Waals surface area contributed by atoms with Crippen molar-refractivity contribution in [2.45, 2.75) is 103 Å². The predicted octanol–water partition coefficient (Wildman–Crippen LogP) is 5.58. The molecule has 250 valence electrons. The molecule has 0 rings (SSSR count). The van der Waals surface area contributed by atoms with Crippen LogP contribution in [-0.2, 0) is 47.5 Å². The van der Waals surface area contributed by atoms with E-state index >= 15 is 0 Å². The van der Waals surface area contributed by atoms with Crippen LogP contribution in [0.15, 0.2) is 0 Å². The van der Waals surface area contributed by atoms with Gasteiger partial charge in [-0.1, -0.05) is 63.6 Å². The topological polar surface area (TPSA) is 108 Å². The maximum absolute atomic E-state index is 11.5. The Hall–Kier alpha value is -0.790. The predicted molar refractivity (Wildman–Crippen MR) is 166 cm³/mol. The molecule has 0 spiro atoms. The second-order valence-corrected chi connectivity index (χ2v) is 12.2. The maximum atomic E-state index is 11.5. The van der Waals surface area contributed by atoms with E-state index in [9.17, 15) is 9.59 Å². The first kappa shape index (κ1) is 41.2. The number of unbranched alkanes of at least 4 members (excludes halogenated alkanes) is 7. The van der Waals surface area contributed by atoms with E-state index in [1.165, 1.54) is 56.7 Å². The Bertz CT molecular complexity index is 615. The van der Waals surface area contributed by atoms with Crippen molar-refractivity contribution in [2.24, 2.45) is 0 Å². The summed E-state index contributed by atoms with van der Waals surface area (Å²) in [6.45, 7) is 14.7. The summed E-state index contributed by atoms with van der Waals surface area (Å²) in [6.07, 6.45) is 11.0. The van der Waals surface area contributed by atoms with Crippen LogP contribution in [0.1, 0.15) is 92.4 Å². The molecule has 0 fully saturated rings. The van der Waals surface area contributed by atoms with Crippen LogP contribution in [0.5, 0.6) is 0 Å². The third-order valence-electron chi connectivity index (χ3n) is 5.62. The van der Waals surface area contributed by atoms with E-state index in [1.807, 2.05) is 20.8 Å². The number of thioether (sulfide) groups is 1. The van der Waals surface area contributed by atoms with Gasteiger partial charge in [0.2, 0.25) is 0 Å². The molecule has 0 amide bonds. The summed E-state index contributed by atoms with van der Waals surface area (Å²) in [5.74, 6) is -0.384. The van der Waals surface area contributed by atoms with Gasteiger partial charge in [0.05, 0.1) is 79.3 Å². The first-order valence-corrected chi connectivity index (χ1v) is 16.6. The second kappa shape index (κ2) is 30.2. The van der Waals surface area contributed by atoms with Gasteiger partial charge in [0, 0.05) is 6.92 Å². The molecule has 11 heteroatoms. The minimum atomic E-state index is -0.509. The van der Waals surface area contributed by atoms with Gasteiger partial charge in [0.1, 0.15) is 17.6 Å². The molecule has 0 N–H and O–H groups in total. The monoisotopic (exact) mass is 624 g/mol. The fourth-order valence-corrected chi connectivity index (χ4v) is 4.49. The Morgan fingerprint density at radius 1 is 0.595 bits per heavy atom. The number of hydrogen-bond donors (Lipinski definition) is 0. The van der Waals surface area contributed by atoms with Crippen LogP contribution in [0.3, 0.4) is 0 Å². The van der Waals surface area contributed by atoms with Crippen LogP contribution in [0.25, 0.3) is 0 Å². The zero-order chi connectivity index (χ0) is 31.2. The summed E-state index contributed by atoms with van der Waals surface area (Å²) in [4.78, 5) is 23.0. The number of rotatable bonds is 31. The summed E-state index contributed by atoms with van der Waals surface area (Å²) in [7, 11) is 0. The zero-order valence-electron chi connectivity index (χ0n) is 27.1. The lowest BCUT2D eigenvalue weighted by Crippen LogP contribution is -2.27. The van der Waals surface area contributed by atoms with Gasteiger partial charge in [-0.2, -0.15) is 0 Å². The van der Waals surface area contributed by atoms with Crippen molar-refractivity contribution in [3.63, 3.8) is 0 Å².